The van der Waals surface area contributed by atoms with E-state index in [4.69, 9.17) is 32.5 Å². The molecule has 6 heteroatoms. The third kappa shape index (κ3) is 2.12. The van der Waals surface area contributed by atoms with Gasteiger partial charge in [0.05, 0.1) is 16.2 Å². The maximum Gasteiger partial charge on any atom is 0.496 e. The summed E-state index contributed by atoms with van der Waals surface area (Å²) in [6, 6.07) is 3.14. The van der Waals surface area contributed by atoms with E-state index in [1.807, 2.05) is 27.7 Å². The van der Waals surface area contributed by atoms with Crippen molar-refractivity contribution in [3.8, 4) is 5.75 Å². The third-order valence-corrected chi connectivity index (χ3v) is 4.49. The van der Waals surface area contributed by atoms with E-state index in [9.17, 15) is 5.11 Å². The quantitative estimate of drug-likeness (QED) is 0.808. The number of hydrogen-bond acceptors (Lipinski definition) is 3. The number of hydrogen-bond donors (Lipinski definition) is 1. The number of phenols is 1. The summed E-state index contributed by atoms with van der Waals surface area (Å²) in [6.45, 7) is 7.84. The fraction of sp³-hybridized carbons (Fsp3) is 0.500. The lowest BCUT2D eigenvalue weighted by molar-refractivity contribution is 0.00578. The highest BCUT2D eigenvalue weighted by Gasteiger charge is 2.52. The van der Waals surface area contributed by atoms with E-state index >= 15 is 0 Å². The molecular formula is C12H15BCl2O3. The van der Waals surface area contributed by atoms with Gasteiger partial charge in [0.25, 0.3) is 0 Å². The maximum atomic E-state index is 9.47. The molecule has 2 rings (SSSR count). The fourth-order valence-electron chi connectivity index (χ4n) is 1.71. The molecule has 1 heterocycles. The summed E-state index contributed by atoms with van der Waals surface area (Å²) in [5.74, 6) is -0.0538. The number of halogens is 2. The summed E-state index contributed by atoms with van der Waals surface area (Å²) in [6.07, 6.45) is 0. The van der Waals surface area contributed by atoms with E-state index in [1.165, 1.54) is 6.07 Å². The highest BCUT2D eigenvalue weighted by atomic mass is 35.5. The van der Waals surface area contributed by atoms with Crippen LogP contribution in [-0.4, -0.2) is 23.4 Å². The van der Waals surface area contributed by atoms with Gasteiger partial charge in [-0.2, -0.15) is 0 Å². The Morgan fingerprint density at radius 1 is 1.00 bits per heavy atom. The first-order valence-electron chi connectivity index (χ1n) is 5.68. The number of phenolic OH excluding ortho intramolecular Hbond substituents is 1. The highest BCUT2D eigenvalue weighted by molar-refractivity contribution is 6.66. The lowest BCUT2D eigenvalue weighted by Gasteiger charge is -2.32. The summed E-state index contributed by atoms with van der Waals surface area (Å²) in [7, 11) is -0.583. The van der Waals surface area contributed by atoms with Gasteiger partial charge in [-0.05, 0) is 33.8 Å². The number of aromatic hydroxyl groups is 1. The van der Waals surface area contributed by atoms with Crippen LogP contribution in [-0.2, 0) is 9.31 Å². The second kappa shape index (κ2) is 4.31. The van der Waals surface area contributed by atoms with Gasteiger partial charge in [0.1, 0.15) is 10.8 Å². The molecule has 1 fully saturated rings. The van der Waals surface area contributed by atoms with Gasteiger partial charge in [0.2, 0.25) is 0 Å². The summed E-state index contributed by atoms with van der Waals surface area (Å²) >= 11 is 12.0. The van der Waals surface area contributed by atoms with Crippen LogP contribution < -0.4 is 5.46 Å². The molecule has 0 spiro atoms. The van der Waals surface area contributed by atoms with Crippen LogP contribution >= 0.6 is 23.2 Å². The molecule has 1 aliphatic heterocycles. The van der Waals surface area contributed by atoms with Crippen molar-refractivity contribution in [1.29, 1.82) is 0 Å². The first-order chi connectivity index (χ1) is 8.16. The Morgan fingerprint density at radius 3 is 2.00 bits per heavy atom. The van der Waals surface area contributed by atoms with Gasteiger partial charge >= 0.3 is 7.12 Å². The standard InChI is InChI=1S/C12H15BCl2O3/c1-11(2)12(3,4)18-13(17-11)7-5-6-8(16)10(15)9(7)14/h5-6,16H,1-4H3. The predicted molar refractivity (Wildman–Crippen MR) is 73.8 cm³/mol. The minimum absolute atomic E-state index is 0.0538. The van der Waals surface area contributed by atoms with E-state index in [0.717, 1.165) is 0 Å². The average molecular weight is 289 g/mol. The molecule has 0 saturated carbocycles. The Hall–Kier alpha value is -0.415. The molecule has 0 aromatic heterocycles. The van der Waals surface area contributed by atoms with Crippen molar-refractivity contribution in [3.05, 3.63) is 22.2 Å². The van der Waals surface area contributed by atoms with E-state index in [0.29, 0.717) is 5.46 Å². The Balaban J connectivity index is 2.39. The zero-order valence-corrected chi connectivity index (χ0v) is 12.3. The molecule has 98 valence electrons. The van der Waals surface area contributed by atoms with Crippen LogP contribution in [0.5, 0.6) is 5.75 Å². The molecule has 3 nitrogen and oxygen atoms in total. The van der Waals surface area contributed by atoms with Crippen molar-refractivity contribution in [2.45, 2.75) is 38.9 Å². The molecule has 18 heavy (non-hydrogen) atoms. The molecule has 1 N–H and O–H groups in total. The Morgan fingerprint density at radius 2 is 1.50 bits per heavy atom. The molecule has 0 aliphatic carbocycles. The second-order valence-corrected chi connectivity index (χ2v) is 6.15. The van der Waals surface area contributed by atoms with Crippen LogP contribution in [0.15, 0.2) is 12.1 Å². The monoisotopic (exact) mass is 288 g/mol. The average Bonchev–Trinajstić information content (AvgIpc) is 2.45. The Labute approximate surface area is 117 Å². The lowest BCUT2D eigenvalue weighted by atomic mass is 9.79. The summed E-state index contributed by atoms with van der Waals surface area (Å²) < 4.78 is 11.8. The number of benzene rings is 1. The molecule has 0 amide bonds. The fourth-order valence-corrected chi connectivity index (χ4v) is 2.13. The van der Waals surface area contributed by atoms with Gasteiger partial charge in [0.15, 0.2) is 0 Å². The summed E-state index contributed by atoms with van der Waals surface area (Å²) in [5, 5.41) is 9.85. The highest BCUT2D eigenvalue weighted by Crippen LogP contribution is 2.38. The molecule has 1 aromatic carbocycles. The van der Waals surface area contributed by atoms with Crippen molar-refractivity contribution < 1.29 is 14.4 Å². The van der Waals surface area contributed by atoms with Gasteiger partial charge < -0.3 is 14.4 Å². The first kappa shape index (κ1) is 14.0. The molecule has 1 aromatic rings. The molecule has 0 unspecified atom stereocenters. The van der Waals surface area contributed by atoms with E-state index < -0.39 is 18.3 Å². The largest absolute Gasteiger partial charge is 0.506 e. The zero-order valence-electron chi connectivity index (χ0n) is 10.8. The molecule has 1 saturated heterocycles. The Kier molecular flexibility index (Phi) is 3.35. The van der Waals surface area contributed by atoms with Crippen molar-refractivity contribution in [3.63, 3.8) is 0 Å². The smallest absolute Gasteiger partial charge is 0.496 e. The minimum atomic E-state index is -0.583. The Bertz CT molecular complexity index is 472. The van der Waals surface area contributed by atoms with Crippen LogP contribution in [0, 0.1) is 0 Å². The van der Waals surface area contributed by atoms with Crippen LogP contribution in [0.25, 0.3) is 0 Å². The van der Waals surface area contributed by atoms with Crippen LogP contribution in [0.4, 0.5) is 0 Å². The third-order valence-electron chi connectivity index (χ3n) is 3.60. The molecule has 0 bridgehead atoms. The van der Waals surface area contributed by atoms with Crippen molar-refractivity contribution in [1.82, 2.24) is 0 Å². The number of rotatable bonds is 1. The SMILES string of the molecule is CC1(C)OB(c2ccc(O)c(Cl)c2Cl)OC1(C)C. The van der Waals surface area contributed by atoms with Crippen molar-refractivity contribution >= 4 is 35.8 Å². The summed E-state index contributed by atoms with van der Waals surface area (Å²) in [5.41, 5.74) is -0.255. The minimum Gasteiger partial charge on any atom is -0.506 e. The van der Waals surface area contributed by atoms with Gasteiger partial charge in [-0.3, -0.25) is 0 Å². The van der Waals surface area contributed by atoms with E-state index in [-0.39, 0.29) is 15.8 Å². The topological polar surface area (TPSA) is 38.7 Å². The van der Waals surface area contributed by atoms with E-state index in [2.05, 4.69) is 0 Å². The lowest BCUT2D eigenvalue weighted by Crippen LogP contribution is -2.41. The normalized spacial score (nSPS) is 21.3. The molecule has 0 atom stereocenters. The first-order valence-corrected chi connectivity index (χ1v) is 6.44. The predicted octanol–water partition coefficient (Wildman–Crippen LogP) is 3.00. The van der Waals surface area contributed by atoms with Crippen LogP contribution in [0.1, 0.15) is 27.7 Å². The van der Waals surface area contributed by atoms with Crippen molar-refractivity contribution in [2.24, 2.45) is 0 Å². The van der Waals surface area contributed by atoms with Crippen LogP contribution in [0.2, 0.25) is 10.0 Å². The van der Waals surface area contributed by atoms with Crippen LogP contribution in [0.3, 0.4) is 0 Å². The van der Waals surface area contributed by atoms with Gasteiger partial charge in [0, 0.05) is 5.46 Å². The van der Waals surface area contributed by atoms with Gasteiger partial charge in [-0.25, -0.2) is 0 Å². The molecular weight excluding hydrogens is 274 g/mol. The van der Waals surface area contributed by atoms with Gasteiger partial charge in [-0.1, -0.05) is 29.3 Å². The summed E-state index contributed by atoms with van der Waals surface area (Å²) in [4.78, 5) is 0. The van der Waals surface area contributed by atoms with Gasteiger partial charge in [-0.15, -0.1) is 0 Å². The molecule has 1 aliphatic rings. The van der Waals surface area contributed by atoms with E-state index in [1.54, 1.807) is 6.07 Å². The zero-order chi connectivity index (χ0) is 13.7. The second-order valence-electron chi connectivity index (χ2n) is 5.39. The van der Waals surface area contributed by atoms with Crippen molar-refractivity contribution in [2.75, 3.05) is 0 Å². The molecule has 0 radical (unpaired) electrons. The maximum absolute atomic E-state index is 9.47.